The van der Waals surface area contributed by atoms with Gasteiger partial charge < -0.3 is 20.5 Å². The van der Waals surface area contributed by atoms with E-state index in [2.05, 4.69) is 60.5 Å². The monoisotopic (exact) mass is 787 g/mol. The zero-order valence-electron chi connectivity index (χ0n) is 21.8. The molecule has 40 heavy (non-hydrogen) atoms. The first-order chi connectivity index (χ1) is 18.8. The number of benzene rings is 2. The van der Waals surface area contributed by atoms with Crippen LogP contribution in [-0.4, -0.2) is 30.0 Å². The van der Waals surface area contributed by atoms with Crippen molar-refractivity contribution < 1.29 is 22.7 Å². The van der Waals surface area contributed by atoms with Crippen molar-refractivity contribution in [2.24, 2.45) is 0 Å². The lowest BCUT2D eigenvalue weighted by atomic mass is 10.1. The molecule has 2 aromatic carbocycles. The van der Waals surface area contributed by atoms with Crippen LogP contribution < -0.4 is 25.2 Å². The number of rotatable bonds is 6. The molecular formula is C27H27I2N5O5S. The van der Waals surface area contributed by atoms with Gasteiger partial charge in [-0.2, -0.15) is 0 Å². The summed E-state index contributed by atoms with van der Waals surface area (Å²) in [7, 11) is -4.14. The van der Waals surface area contributed by atoms with E-state index >= 15 is 0 Å². The van der Waals surface area contributed by atoms with Gasteiger partial charge in [-0.25, -0.2) is 17.9 Å². The summed E-state index contributed by atoms with van der Waals surface area (Å²) in [4.78, 5) is 19.4. The molecule has 2 amide bonds. The first-order valence-corrected chi connectivity index (χ1v) is 15.3. The lowest BCUT2D eigenvalue weighted by Gasteiger charge is -2.21. The maximum Gasteiger partial charge on any atom is 0.329 e. The molecule has 13 heteroatoms. The van der Waals surface area contributed by atoms with E-state index in [1.54, 1.807) is 57.4 Å². The normalized spacial score (nSPS) is 11.0. The van der Waals surface area contributed by atoms with Gasteiger partial charge in [0, 0.05) is 33.6 Å². The van der Waals surface area contributed by atoms with E-state index < -0.39 is 21.6 Å². The number of sulfonamides is 1. The first-order valence-electron chi connectivity index (χ1n) is 11.7. The minimum Gasteiger partial charge on any atom is -0.456 e. The zero-order valence-corrected chi connectivity index (χ0v) is 26.9. The second kappa shape index (κ2) is 13.9. The van der Waals surface area contributed by atoms with Gasteiger partial charge in [0.1, 0.15) is 16.4 Å². The van der Waals surface area contributed by atoms with Crippen LogP contribution in [0.5, 0.6) is 23.0 Å². The van der Waals surface area contributed by atoms with Crippen molar-refractivity contribution in [1.29, 1.82) is 0 Å². The van der Waals surface area contributed by atoms with Gasteiger partial charge in [0.25, 0.3) is 10.0 Å². The Kier molecular flexibility index (Phi) is 10.9. The Balaban J connectivity index is 0.000000249. The Labute approximate surface area is 260 Å². The summed E-state index contributed by atoms with van der Waals surface area (Å²) in [6, 6.07) is 17.3. The summed E-state index contributed by atoms with van der Waals surface area (Å²) in [6.07, 6.45) is 5.78. The topological polar surface area (TPSA) is 146 Å². The van der Waals surface area contributed by atoms with Crippen molar-refractivity contribution in [1.82, 2.24) is 20.0 Å². The number of nitrogens with one attached hydrogen (secondary N) is 2. The fourth-order valence-electron chi connectivity index (χ4n) is 2.99. The van der Waals surface area contributed by atoms with E-state index in [1.165, 1.54) is 12.3 Å². The second-order valence-electron chi connectivity index (χ2n) is 9.14. The minimum atomic E-state index is -4.14. The SMILES string of the molecule is CC(C)(C)NC(=O)NS(=O)(=O)c1cnccc1Oc1cccc(I)c1.Nc1cnccc1Oc1ccccc1I. The van der Waals surface area contributed by atoms with Gasteiger partial charge in [-0.05, 0) is 96.3 Å². The molecule has 0 bridgehead atoms. The van der Waals surface area contributed by atoms with E-state index in [0.29, 0.717) is 17.2 Å². The predicted octanol–water partition coefficient (Wildman–Crippen LogP) is 6.33. The number of halogens is 2. The molecule has 4 rings (SSSR count). The van der Waals surface area contributed by atoms with E-state index in [0.717, 1.165) is 19.1 Å². The molecular weight excluding hydrogens is 760 g/mol. The van der Waals surface area contributed by atoms with E-state index in [9.17, 15) is 13.2 Å². The van der Waals surface area contributed by atoms with E-state index in [1.807, 2.05) is 35.1 Å². The van der Waals surface area contributed by atoms with Crippen molar-refractivity contribution in [3.05, 3.63) is 92.6 Å². The van der Waals surface area contributed by atoms with Gasteiger partial charge in [-0.1, -0.05) is 18.2 Å². The zero-order chi connectivity index (χ0) is 29.3. The predicted molar refractivity (Wildman–Crippen MR) is 170 cm³/mol. The smallest absolute Gasteiger partial charge is 0.329 e. The highest BCUT2D eigenvalue weighted by Crippen LogP contribution is 2.30. The molecule has 0 radical (unpaired) electrons. The third kappa shape index (κ3) is 9.78. The molecule has 0 spiro atoms. The number of carbonyl (C=O) groups is 1. The largest absolute Gasteiger partial charge is 0.456 e. The fourth-order valence-corrected chi connectivity index (χ4v) is 4.98. The van der Waals surface area contributed by atoms with Crippen molar-refractivity contribution in [2.45, 2.75) is 31.2 Å². The maximum atomic E-state index is 12.5. The molecule has 4 aromatic rings. The number of urea groups is 1. The van der Waals surface area contributed by atoms with Gasteiger partial charge in [-0.15, -0.1) is 0 Å². The molecule has 210 valence electrons. The number of amides is 2. The van der Waals surface area contributed by atoms with Gasteiger partial charge in [0.2, 0.25) is 0 Å². The standard InChI is InChI=1S/C16H18IN3O4S.C11H9IN2O/c1-16(2,3)19-15(21)20-25(22,23)14-10-18-8-7-13(14)24-12-6-4-5-11(17)9-12;12-8-3-1-2-4-10(8)15-11-5-6-14-7-9(11)13/h4-10H,1-3H3,(H2,19,20,21);1-7H,13H2. The summed E-state index contributed by atoms with van der Waals surface area (Å²) in [5, 5.41) is 2.53. The van der Waals surface area contributed by atoms with Crippen LogP contribution in [0.3, 0.4) is 0 Å². The number of aromatic nitrogens is 2. The summed E-state index contributed by atoms with van der Waals surface area (Å²) in [5.41, 5.74) is 5.69. The third-order valence-electron chi connectivity index (χ3n) is 4.64. The number of ether oxygens (including phenoxy) is 2. The van der Waals surface area contributed by atoms with Crippen molar-refractivity contribution in [3.63, 3.8) is 0 Å². The number of hydrogen-bond acceptors (Lipinski definition) is 8. The molecule has 4 N–H and O–H groups in total. The summed E-state index contributed by atoms with van der Waals surface area (Å²) in [6.45, 7) is 5.23. The Morgan fingerprint density at radius 3 is 2.20 bits per heavy atom. The Bertz CT molecular complexity index is 1540. The van der Waals surface area contributed by atoms with Crippen molar-refractivity contribution in [3.8, 4) is 23.0 Å². The fraction of sp³-hybridized carbons (Fsp3) is 0.148. The van der Waals surface area contributed by atoms with Crippen LogP contribution in [0.2, 0.25) is 0 Å². The number of hydrogen-bond donors (Lipinski definition) is 3. The number of carbonyl (C=O) groups excluding carboxylic acids is 1. The molecule has 2 aromatic heterocycles. The number of nitrogen functional groups attached to an aromatic ring is 1. The van der Waals surface area contributed by atoms with Crippen molar-refractivity contribution >= 4 is 66.9 Å². The summed E-state index contributed by atoms with van der Waals surface area (Å²) < 4.78 is 40.3. The Morgan fingerprint density at radius 2 is 1.55 bits per heavy atom. The number of pyridine rings is 2. The van der Waals surface area contributed by atoms with E-state index in [-0.39, 0.29) is 10.6 Å². The lowest BCUT2D eigenvalue weighted by Crippen LogP contribution is -2.48. The maximum absolute atomic E-state index is 12.5. The first kappa shape index (κ1) is 31.3. The third-order valence-corrected chi connectivity index (χ3v) is 7.54. The average molecular weight is 787 g/mol. The van der Waals surface area contributed by atoms with Gasteiger partial charge in [-0.3, -0.25) is 9.97 Å². The van der Waals surface area contributed by atoms with Crippen LogP contribution in [0, 0.1) is 7.14 Å². The molecule has 2 heterocycles. The molecule has 0 aliphatic heterocycles. The number of nitrogens with zero attached hydrogens (tertiary/aromatic N) is 2. The highest BCUT2D eigenvalue weighted by molar-refractivity contribution is 14.1. The molecule has 0 atom stereocenters. The molecule has 10 nitrogen and oxygen atoms in total. The van der Waals surface area contributed by atoms with Crippen LogP contribution in [0.25, 0.3) is 0 Å². The molecule has 0 fully saturated rings. The van der Waals surface area contributed by atoms with Gasteiger partial charge in [0.15, 0.2) is 11.5 Å². The van der Waals surface area contributed by atoms with Crippen LogP contribution in [0.15, 0.2) is 90.3 Å². The number of para-hydroxylation sites is 1. The van der Waals surface area contributed by atoms with Crippen LogP contribution in [0.4, 0.5) is 10.5 Å². The number of nitrogens with two attached hydrogens (primary N) is 1. The highest BCUT2D eigenvalue weighted by Gasteiger charge is 2.25. The van der Waals surface area contributed by atoms with Crippen molar-refractivity contribution in [2.75, 3.05) is 5.73 Å². The average Bonchev–Trinajstić information content (AvgIpc) is 2.86. The molecule has 0 unspecified atom stereocenters. The van der Waals surface area contributed by atoms with Crippen LogP contribution in [0.1, 0.15) is 20.8 Å². The second-order valence-corrected chi connectivity index (χ2v) is 13.2. The molecule has 0 aliphatic rings. The van der Waals surface area contributed by atoms with E-state index in [4.69, 9.17) is 15.2 Å². The van der Waals surface area contributed by atoms with Crippen LogP contribution in [-0.2, 0) is 10.0 Å². The Morgan fingerprint density at radius 1 is 0.875 bits per heavy atom. The molecule has 0 aliphatic carbocycles. The summed E-state index contributed by atoms with van der Waals surface area (Å²) >= 11 is 4.34. The van der Waals surface area contributed by atoms with Gasteiger partial charge in [0.05, 0.1) is 21.7 Å². The lowest BCUT2D eigenvalue weighted by molar-refractivity contribution is 0.237. The quantitative estimate of drug-likeness (QED) is 0.193. The molecule has 0 saturated carbocycles. The van der Waals surface area contributed by atoms with Gasteiger partial charge >= 0.3 is 6.03 Å². The minimum absolute atomic E-state index is 0.0769. The number of anilines is 1. The van der Waals surface area contributed by atoms with Crippen LogP contribution >= 0.6 is 45.2 Å². The Hall–Kier alpha value is -3.18. The highest BCUT2D eigenvalue weighted by atomic mass is 127. The molecule has 0 saturated heterocycles. The summed E-state index contributed by atoms with van der Waals surface area (Å²) in [5.74, 6) is 1.99.